The van der Waals surface area contributed by atoms with Crippen molar-refractivity contribution >= 4 is 5.91 Å². The van der Waals surface area contributed by atoms with Gasteiger partial charge < -0.3 is 14.3 Å². The molecule has 0 aliphatic carbocycles. The van der Waals surface area contributed by atoms with Crippen molar-refractivity contribution in [3.63, 3.8) is 0 Å². The van der Waals surface area contributed by atoms with Crippen LogP contribution in [0.25, 0.3) is 0 Å². The van der Waals surface area contributed by atoms with Gasteiger partial charge in [0.05, 0.1) is 18.4 Å². The zero-order chi connectivity index (χ0) is 12.4. The monoisotopic (exact) mass is 232 g/mol. The van der Waals surface area contributed by atoms with Crippen LogP contribution in [0.5, 0.6) is 0 Å². The number of nitrogens with zero attached hydrogens (tertiary/aromatic N) is 1. The van der Waals surface area contributed by atoms with Gasteiger partial charge in [-0.25, -0.2) is 0 Å². The van der Waals surface area contributed by atoms with Crippen molar-refractivity contribution in [2.24, 2.45) is 7.05 Å². The van der Waals surface area contributed by atoms with E-state index in [4.69, 9.17) is 4.42 Å². The molecule has 0 fully saturated rings. The van der Waals surface area contributed by atoms with Crippen LogP contribution in [0.3, 0.4) is 0 Å². The van der Waals surface area contributed by atoms with E-state index in [1.54, 1.807) is 13.0 Å². The molecule has 4 nitrogen and oxygen atoms in total. The van der Waals surface area contributed by atoms with Gasteiger partial charge in [-0.1, -0.05) is 0 Å². The molecule has 0 unspecified atom stereocenters. The summed E-state index contributed by atoms with van der Waals surface area (Å²) in [5.74, 6) is 0.542. The lowest BCUT2D eigenvalue weighted by Gasteiger charge is -2.07. The summed E-state index contributed by atoms with van der Waals surface area (Å²) < 4.78 is 7.16. The Kier molecular flexibility index (Phi) is 3.04. The molecule has 17 heavy (non-hydrogen) atoms. The second-order valence-electron chi connectivity index (χ2n) is 4.10. The highest BCUT2D eigenvalue weighted by Gasteiger charge is 2.11. The fourth-order valence-corrected chi connectivity index (χ4v) is 1.73. The van der Waals surface area contributed by atoms with Crippen molar-refractivity contribution < 1.29 is 9.21 Å². The first kappa shape index (κ1) is 11.5. The second-order valence-corrected chi connectivity index (χ2v) is 4.10. The number of amides is 1. The lowest BCUT2D eigenvalue weighted by molar-refractivity contribution is 0.0948. The van der Waals surface area contributed by atoms with Gasteiger partial charge in [0.15, 0.2) is 0 Å². The van der Waals surface area contributed by atoms with E-state index >= 15 is 0 Å². The average molecular weight is 232 g/mol. The predicted molar refractivity (Wildman–Crippen MR) is 64.8 cm³/mol. The Labute approximate surface area is 100 Å². The first-order valence-corrected chi connectivity index (χ1v) is 5.53. The summed E-state index contributed by atoms with van der Waals surface area (Å²) in [4.78, 5) is 11.8. The predicted octanol–water partition coefficient (Wildman–Crippen LogP) is 2.16. The molecule has 0 aromatic carbocycles. The Morgan fingerprint density at radius 2 is 2.12 bits per heavy atom. The number of nitrogens with one attached hydrogen (secondary N) is 1. The highest BCUT2D eigenvalue weighted by molar-refractivity contribution is 5.94. The van der Waals surface area contributed by atoms with Crippen molar-refractivity contribution in [1.82, 2.24) is 9.88 Å². The smallest absolute Gasteiger partial charge is 0.255 e. The third-order valence-corrected chi connectivity index (χ3v) is 3.01. The molecule has 0 radical (unpaired) electrons. The molecule has 0 aliphatic rings. The van der Waals surface area contributed by atoms with E-state index in [0.29, 0.717) is 17.9 Å². The zero-order valence-electron chi connectivity index (χ0n) is 10.3. The Balaban J connectivity index is 2.02. The van der Waals surface area contributed by atoms with Gasteiger partial charge in [0.25, 0.3) is 5.91 Å². The summed E-state index contributed by atoms with van der Waals surface area (Å²) in [7, 11) is 1.99. The minimum atomic E-state index is -0.102. The average Bonchev–Trinajstić information content (AvgIpc) is 2.85. The molecule has 1 N–H and O–H groups in total. The second kappa shape index (κ2) is 4.49. The maximum atomic E-state index is 11.8. The van der Waals surface area contributed by atoms with Gasteiger partial charge in [0.2, 0.25) is 0 Å². The molecule has 2 aromatic rings. The van der Waals surface area contributed by atoms with Crippen LogP contribution >= 0.6 is 0 Å². The molecule has 0 bridgehead atoms. The Morgan fingerprint density at radius 3 is 2.65 bits per heavy atom. The maximum absolute atomic E-state index is 11.8. The largest absolute Gasteiger partial charge is 0.469 e. The van der Waals surface area contributed by atoms with Gasteiger partial charge in [-0.15, -0.1) is 0 Å². The van der Waals surface area contributed by atoms with E-state index in [9.17, 15) is 4.79 Å². The number of aromatic nitrogens is 1. The standard InChI is InChI=1S/C13H16N2O2/c1-9-4-5-11(15(9)3)8-14-13(16)12-6-7-17-10(12)2/h4-7H,8H2,1-3H3,(H,14,16). The molecule has 2 rings (SSSR count). The van der Waals surface area contributed by atoms with E-state index in [2.05, 4.69) is 9.88 Å². The number of carbonyl (C=O) groups excluding carboxylic acids is 1. The topological polar surface area (TPSA) is 47.2 Å². The van der Waals surface area contributed by atoms with Crippen LogP contribution in [0.2, 0.25) is 0 Å². The van der Waals surface area contributed by atoms with Gasteiger partial charge in [0.1, 0.15) is 5.76 Å². The Morgan fingerprint density at radius 1 is 1.35 bits per heavy atom. The molecule has 1 amide bonds. The van der Waals surface area contributed by atoms with E-state index in [1.165, 1.54) is 12.0 Å². The molecule has 4 heteroatoms. The molecule has 2 aromatic heterocycles. The summed E-state index contributed by atoms with van der Waals surface area (Å²) in [5.41, 5.74) is 2.85. The van der Waals surface area contributed by atoms with E-state index in [1.807, 2.05) is 26.1 Å². The summed E-state index contributed by atoms with van der Waals surface area (Å²) >= 11 is 0. The van der Waals surface area contributed by atoms with Gasteiger partial charge in [-0.2, -0.15) is 0 Å². The van der Waals surface area contributed by atoms with Gasteiger partial charge in [0, 0.05) is 18.4 Å². The molecule has 0 atom stereocenters. The SMILES string of the molecule is Cc1occc1C(=O)NCc1ccc(C)n1C. The van der Waals surface area contributed by atoms with Crippen LogP contribution in [0, 0.1) is 13.8 Å². The summed E-state index contributed by atoms with van der Waals surface area (Å²) in [6.07, 6.45) is 1.52. The molecule has 2 heterocycles. The highest BCUT2D eigenvalue weighted by Crippen LogP contribution is 2.09. The number of rotatable bonds is 3. The summed E-state index contributed by atoms with van der Waals surface area (Å²) in [6, 6.07) is 5.73. The first-order chi connectivity index (χ1) is 8.09. The van der Waals surface area contributed by atoms with Crippen LogP contribution < -0.4 is 5.32 Å². The number of hydrogen-bond acceptors (Lipinski definition) is 2. The van der Waals surface area contributed by atoms with Crippen LogP contribution in [0.15, 0.2) is 28.9 Å². The zero-order valence-corrected chi connectivity index (χ0v) is 10.3. The molecule has 0 saturated carbocycles. The minimum absolute atomic E-state index is 0.102. The fourth-order valence-electron chi connectivity index (χ4n) is 1.73. The number of aryl methyl sites for hydroxylation is 2. The van der Waals surface area contributed by atoms with Gasteiger partial charge >= 0.3 is 0 Å². The maximum Gasteiger partial charge on any atom is 0.255 e. The summed E-state index contributed by atoms with van der Waals surface area (Å²) in [5, 5.41) is 2.88. The molecule has 0 spiro atoms. The quantitative estimate of drug-likeness (QED) is 0.881. The Hall–Kier alpha value is -1.97. The van der Waals surface area contributed by atoms with E-state index < -0.39 is 0 Å². The lowest BCUT2D eigenvalue weighted by Crippen LogP contribution is -2.24. The fraction of sp³-hybridized carbons (Fsp3) is 0.308. The van der Waals surface area contributed by atoms with Crippen LogP contribution in [0.4, 0.5) is 0 Å². The molecular weight excluding hydrogens is 216 g/mol. The molecule has 90 valence electrons. The highest BCUT2D eigenvalue weighted by atomic mass is 16.3. The van der Waals surface area contributed by atoms with Crippen LogP contribution in [0.1, 0.15) is 27.5 Å². The third-order valence-electron chi connectivity index (χ3n) is 3.01. The van der Waals surface area contributed by atoms with Crippen molar-refractivity contribution in [2.75, 3.05) is 0 Å². The molecular formula is C13H16N2O2. The van der Waals surface area contributed by atoms with Crippen molar-refractivity contribution in [1.29, 1.82) is 0 Å². The van der Waals surface area contributed by atoms with Crippen LogP contribution in [-0.4, -0.2) is 10.5 Å². The van der Waals surface area contributed by atoms with E-state index in [0.717, 1.165) is 5.69 Å². The third kappa shape index (κ3) is 2.25. The Bertz CT molecular complexity index is 537. The lowest BCUT2D eigenvalue weighted by atomic mass is 10.2. The molecule has 0 aliphatic heterocycles. The molecule has 0 saturated heterocycles. The first-order valence-electron chi connectivity index (χ1n) is 5.53. The van der Waals surface area contributed by atoms with Gasteiger partial charge in [-0.05, 0) is 32.0 Å². The van der Waals surface area contributed by atoms with Crippen molar-refractivity contribution in [3.05, 3.63) is 47.2 Å². The number of hydrogen-bond donors (Lipinski definition) is 1. The number of furan rings is 1. The van der Waals surface area contributed by atoms with Crippen molar-refractivity contribution in [2.45, 2.75) is 20.4 Å². The minimum Gasteiger partial charge on any atom is -0.469 e. The normalized spacial score (nSPS) is 10.5. The van der Waals surface area contributed by atoms with Crippen molar-refractivity contribution in [3.8, 4) is 0 Å². The van der Waals surface area contributed by atoms with E-state index in [-0.39, 0.29) is 5.91 Å². The summed E-state index contributed by atoms with van der Waals surface area (Å²) in [6.45, 7) is 4.33. The van der Waals surface area contributed by atoms with Gasteiger partial charge in [-0.3, -0.25) is 4.79 Å². The number of carbonyl (C=O) groups is 1. The van der Waals surface area contributed by atoms with Crippen LogP contribution in [-0.2, 0) is 13.6 Å².